The van der Waals surface area contributed by atoms with Crippen molar-refractivity contribution in [2.45, 2.75) is 44.2 Å². The summed E-state index contributed by atoms with van der Waals surface area (Å²) in [4.78, 5) is 26.6. The first-order chi connectivity index (χ1) is 9.80. The van der Waals surface area contributed by atoms with Gasteiger partial charge in [-0.3, -0.25) is 4.79 Å². The highest BCUT2D eigenvalue weighted by Gasteiger charge is 2.38. The maximum Gasteiger partial charge on any atom is 0.320 e. The second kappa shape index (κ2) is 6.21. The molecule has 7 nitrogen and oxygen atoms in total. The highest BCUT2D eigenvalue weighted by molar-refractivity contribution is 7.91. The predicted molar refractivity (Wildman–Crippen MR) is 76.8 cm³/mol. The number of carboxylic acids is 1. The standard InChI is InChI=1S/C13H22N2O5S/c1-14(10-4-2-3-5-10)13(18)15-6-7-21(19,20)9-11(15)8-12(16)17/h10-11H,2-9H2,1H3,(H,16,17). The molecule has 2 aliphatic rings. The quantitative estimate of drug-likeness (QED) is 0.820. The fourth-order valence-electron chi connectivity index (χ4n) is 3.16. The number of carboxylic acid groups (broad SMARTS) is 1. The van der Waals surface area contributed by atoms with Crippen LogP contribution in [0.25, 0.3) is 0 Å². The van der Waals surface area contributed by atoms with E-state index in [-0.39, 0.29) is 36.5 Å². The van der Waals surface area contributed by atoms with Gasteiger partial charge in [0.25, 0.3) is 0 Å². The highest BCUT2D eigenvalue weighted by atomic mass is 32.2. The SMILES string of the molecule is CN(C(=O)N1CCS(=O)(=O)CC1CC(=O)O)C1CCCC1. The Morgan fingerprint density at radius 2 is 1.90 bits per heavy atom. The Bertz CT molecular complexity index is 513. The van der Waals surface area contributed by atoms with E-state index in [0.29, 0.717) is 0 Å². The third-order valence-electron chi connectivity index (χ3n) is 4.36. The minimum Gasteiger partial charge on any atom is -0.481 e. The van der Waals surface area contributed by atoms with Gasteiger partial charge in [0.2, 0.25) is 0 Å². The lowest BCUT2D eigenvalue weighted by atomic mass is 10.2. The van der Waals surface area contributed by atoms with E-state index in [0.717, 1.165) is 25.7 Å². The lowest BCUT2D eigenvalue weighted by molar-refractivity contribution is -0.138. The van der Waals surface area contributed by atoms with Crippen LogP contribution in [0.3, 0.4) is 0 Å². The van der Waals surface area contributed by atoms with Crippen LogP contribution in [0.4, 0.5) is 4.79 Å². The van der Waals surface area contributed by atoms with Crippen molar-refractivity contribution >= 4 is 21.8 Å². The molecule has 1 N–H and O–H groups in total. The first-order valence-electron chi connectivity index (χ1n) is 7.26. The number of hydrogen-bond donors (Lipinski definition) is 1. The van der Waals surface area contributed by atoms with Gasteiger partial charge in [0.15, 0.2) is 9.84 Å². The van der Waals surface area contributed by atoms with Crippen LogP contribution in [0.15, 0.2) is 0 Å². The van der Waals surface area contributed by atoms with Crippen LogP contribution in [0.2, 0.25) is 0 Å². The zero-order valence-electron chi connectivity index (χ0n) is 12.2. The van der Waals surface area contributed by atoms with Gasteiger partial charge in [-0.1, -0.05) is 12.8 Å². The number of urea groups is 1. The number of nitrogens with zero attached hydrogens (tertiary/aromatic N) is 2. The summed E-state index contributed by atoms with van der Waals surface area (Å²) in [5, 5.41) is 8.94. The van der Waals surface area contributed by atoms with Crippen molar-refractivity contribution in [2.24, 2.45) is 0 Å². The second-order valence-electron chi connectivity index (χ2n) is 5.89. The molecule has 120 valence electrons. The molecule has 8 heteroatoms. The van der Waals surface area contributed by atoms with Crippen molar-refractivity contribution in [3.05, 3.63) is 0 Å². The van der Waals surface area contributed by atoms with Crippen LogP contribution < -0.4 is 0 Å². The van der Waals surface area contributed by atoms with Crippen molar-refractivity contribution in [1.82, 2.24) is 9.80 Å². The van der Waals surface area contributed by atoms with E-state index in [1.165, 1.54) is 4.90 Å². The molecular weight excluding hydrogens is 296 g/mol. The molecular formula is C13H22N2O5S. The van der Waals surface area contributed by atoms with E-state index in [1.807, 2.05) is 0 Å². The molecule has 1 aliphatic carbocycles. The normalized spacial score (nSPS) is 25.8. The summed E-state index contributed by atoms with van der Waals surface area (Å²) in [7, 11) is -1.54. The van der Waals surface area contributed by atoms with Gasteiger partial charge >= 0.3 is 12.0 Å². The molecule has 0 bridgehead atoms. The predicted octanol–water partition coefficient (Wildman–Crippen LogP) is 0.555. The monoisotopic (exact) mass is 318 g/mol. The van der Waals surface area contributed by atoms with E-state index in [9.17, 15) is 18.0 Å². The Morgan fingerprint density at radius 3 is 2.48 bits per heavy atom. The number of hydrogen-bond acceptors (Lipinski definition) is 4. The number of sulfone groups is 1. The van der Waals surface area contributed by atoms with E-state index in [4.69, 9.17) is 5.11 Å². The molecule has 1 saturated carbocycles. The minimum atomic E-state index is -3.26. The zero-order chi connectivity index (χ0) is 15.6. The van der Waals surface area contributed by atoms with Gasteiger partial charge in [-0.05, 0) is 12.8 Å². The fourth-order valence-corrected chi connectivity index (χ4v) is 4.68. The number of aliphatic carboxylic acids is 1. The molecule has 0 radical (unpaired) electrons. The second-order valence-corrected chi connectivity index (χ2v) is 8.12. The maximum atomic E-state index is 12.6. The Kier molecular flexibility index (Phi) is 4.75. The summed E-state index contributed by atoms with van der Waals surface area (Å²) in [5.74, 6) is -1.44. The van der Waals surface area contributed by atoms with Crippen LogP contribution in [0, 0.1) is 0 Å². The fraction of sp³-hybridized carbons (Fsp3) is 0.846. The Hall–Kier alpha value is -1.31. The summed E-state index contributed by atoms with van der Waals surface area (Å²) in [6, 6.07) is -0.831. The zero-order valence-corrected chi connectivity index (χ0v) is 13.0. The Morgan fingerprint density at radius 1 is 1.29 bits per heavy atom. The van der Waals surface area contributed by atoms with Crippen molar-refractivity contribution in [1.29, 1.82) is 0 Å². The largest absolute Gasteiger partial charge is 0.481 e. The van der Waals surface area contributed by atoms with Crippen LogP contribution in [0.1, 0.15) is 32.1 Å². The molecule has 0 spiro atoms. The van der Waals surface area contributed by atoms with Gasteiger partial charge < -0.3 is 14.9 Å². The summed E-state index contributed by atoms with van der Waals surface area (Å²) in [5.41, 5.74) is 0. The lowest BCUT2D eigenvalue weighted by Crippen LogP contribution is -2.56. The van der Waals surface area contributed by atoms with Crippen LogP contribution in [-0.2, 0) is 14.6 Å². The van der Waals surface area contributed by atoms with E-state index in [1.54, 1.807) is 11.9 Å². The Labute approximate surface area is 124 Å². The molecule has 1 heterocycles. The summed E-state index contributed by atoms with van der Waals surface area (Å²) >= 11 is 0. The van der Waals surface area contributed by atoms with Gasteiger partial charge in [-0.25, -0.2) is 13.2 Å². The molecule has 0 aromatic rings. The summed E-state index contributed by atoms with van der Waals surface area (Å²) < 4.78 is 23.4. The molecule has 0 aromatic heterocycles. The minimum absolute atomic E-state index is 0.0795. The van der Waals surface area contributed by atoms with Gasteiger partial charge in [0.1, 0.15) is 0 Å². The molecule has 1 aliphatic heterocycles. The number of carbonyl (C=O) groups excluding carboxylic acids is 1. The molecule has 2 amide bonds. The van der Waals surface area contributed by atoms with Crippen LogP contribution in [0.5, 0.6) is 0 Å². The number of amides is 2. The van der Waals surface area contributed by atoms with Gasteiger partial charge in [0.05, 0.1) is 24.0 Å². The first kappa shape index (κ1) is 16.1. The van der Waals surface area contributed by atoms with E-state index >= 15 is 0 Å². The smallest absolute Gasteiger partial charge is 0.320 e. The first-order valence-corrected chi connectivity index (χ1v) is 9.08. The van der Waals surface area contributed by atoms with E-state index in [2.05, 4.69) is 0 Å². The van der Waals surface area contributed by atoms with Gasteiger partial charge in [-0.2, -0.15) is 0 Å². The highest BCUT2D eigenvalue weighted by Crippen LogP contribution is 2.25. The average Bonchev–Trinajstić information content (AvgIpc) is 2.89. The molecule has 1 unspecified atom stereocenters. The molecule has 2 fully saturated rings. The lowest BCUT2D eigenvalue weighted by Gasteiger charge is -2.38. The van der Waals surface area contributed by atoms with Gasteiger partial charge in [-0.15, -0.1) is 0 Å². The van der Waals surface area contributed by atoms with Crippen molar-refractivity contribution < 1.29 is 23.1 Å². The van der Waals surface area contributed by atoms with Crippen molar-refractivity contribution in [3.8, 4) is 0 Å². The van der Waals surface area contributed by atoms with Crippen LogP contribution in [-0.4, -0.2) is 72.5 Å². The Balaban J connectivity index is 2.10. The number of carbonyl (C=O) groups is 2. The van der Waals surface area contributed by atoms with Gasteiger partial charge in [0, 0.05) is 19.6 Å². The molecule has 2 rings (SSSR count). The third-order valence-corrected chi connectivity index (χ3v) is 6.06. The van der Waals surface area contributed by atoms with Crippen molar-refractivity contribution in [3.63, 3.8) is 0 Å². The topological polar surface area (TPSA) is 95.0 Å². The molecule has 0 aromatic carbocycles. The number of rotatable bonds is 3. The maximum absolute atomic E-state index is 12.6. The van der Waals surface area contributed by atoms with Crippen molar-refractivity contribution in [2.75, 3.05) is 25.1 Å². The molecule has 21 heavy (non-hydrogen) atoms. The van der Waals surface area contributed by atoms with Crippen LogP contribution >= 0.6 is 0 Å². The molecule has 1 saturated heterocycles. The molecule has 1 atom stereocenters. The van der Waals surface area contributed by atoms with E-state index < -0.39 is 21.8 Å². The average molecular weight is 318 g/mol. The third kappa shape index (κ3) is 3.87. The summed E-state index contributed by atoms with van der Waals surface area (Å²) in [6.45, 7) is 0.0795. The summed E-state index contributed by atoms with van der Waals surface area (Å²) in [6.07, 6.45) is 3.77.